The molecule has 0 atom stereocenters. The summed E-state index contributed by atoms with van der Waals surface area (Å²) < 4.78 is 32.0. The van der Waals surface area contributed by atoms with Crippen LogP contribution in [0.2, 0.25) is 5.02 Å². The van der Waals surface area contributed by atoms with Crippen LogP contribution < -0.4 is 15.2 Å². The van der Waals surface area contributed by atoms with Crippen LogP contribution >= 0.6 is 11.6 Å². The van der Waals surface area contributed by atoms with E-state index in [1.165, 1.54) is 7.11 Å². The molecular formula is C15H17ClN2O3S. The number of hydrogen-bond donors (Lipinski definition) is 2. The number of ether oxygens (including phenoxy) is 1. The Morgan fingerprint density at radius 3 is 2.64 bits per heavy atom. The van der Waals surface area contributed by atoms with Gasteiger partial charge in [-0.2, -0.15) is 0 Å². The minimum atomic E-state index is -3.51. The van der Waals surface area contributed by atoms with Crippen LogP contribution in [0.1, 0.15) is 5.56 Å². The topological polar surface area (TPSA) is 81.4 Å². The van der Waals surface area contributed by atoms with Crippen LogP contribution in [0.15, 0.2) is 42.5 Å². The maximum Gasteiger partial charge on any atom is 0.233 e. The van der Waals surface area contributed by atoms with E-state index in [1.807, 2.05) is 0 Å². The minimum Gasteiger partial charge on any atom is -0.496 e. The number of aryl methyl sites for hydroxylation is 1. The third-order valence-electron chi connectivity index (χ3n) is 3.12. The van der Waals surface area contributed by atoms with E-state index in [2.05, 4.69) is 4.72 Å². The molecule has 2 aromatic rings. The summed E-state index contributed by atoms with van der Waals surface area (Å²) in [6, 6.07) is 11.8. The van der Waals surface area contributed by atoms with E-state index in [1.54, 1.807) is 42.5 Å². The average molecular weight is 341 g/mol. The molecule has 0 unspecified atom stereocenters. The van der Waals surface area contributed by atoms with Crippen LogP contribution in [0.5, 0.6) is 5.75 Å². The first-order chi connectivity index (χ1) is 10.4. The monoisotopic (exact) mass is 340 g/mol. The SMILES string of the molecule is COc1cc(Cl)ccc1CCS(=O)(=O)Nc1ccccc1N. The molecule has 0 saturated heterocycles. The minimum absolute atomic E-state index is 0.0840. The van der Waals surface area contributed by atoms with Gasteiger partial charge in [-0.3, -0.25) is 4.72 Å². The van der Waals surface area contributed by atoms with Crippen LogP contribution in [0, 0.1) is 0 Å². The van der Waals surface area contributed by atoms with Crippen molar-refractivity contribution in [2.45, 2.75) is 6.42 Å². The van der Waals surface area contributed by atoms with Crippen molar-refractivity contribution in [1.29, 1.82) is 0 Å². The number of hydrogen-bond acceptors (Lipinski definition) is 4. The van der Waals surface area contributed by atoms with Gasteiger partial charge in [0.1, 0.15) is 5.75 Å². The van der Waals surface area contributed by atoms with Gasteiger partial charge in [0.15, 0.2) is 0 Å². The molecule has 5 nitrogen and oxygen atoms in total. The molecule has 7 heteroatoms. The standard InChI is InChI=1S/C15H17ClN2O3S/c1-21-15-10-12(16)7-6-11(15)8-9-22(19,20)18-14-5-3-2-4-13(14)17/h2-7,10,18H,8-9,17H2,1H3. The molecule has 0 radical (unpaired) electrons. The van der Waals surface area contributed by atoms with Crippen molar-refractivity contribution in [3.05, 3.63) is 53.1 Å². The fraction of sp³-hybridized carbons (Fsp3) is 0.200. The number of halogens is 1. The summed E-state index contributed by atoms with van der Waals surface area (Å²) in [7, 11) is -1.99. The first-order valence-electron chi connectivity index (χ1n) is 6.59. The van der Waals surface area contributed by atoms with E-state index in [0.29, 0.717) is 28.6 Å². The number of nitrogens with two attached hydrogens (primary N) is 1. The molecule has 0 saturated carbocycles. The molecule has 2 rings (SSSR count). The zero-order chi connectivity index (χ0) is 16.2. The number of sulfonamides is 1. The molecule has 0 heterocycles. The Labute approximate surface area is 135 Å². The fourth-order valence-electron chi connectivity index (χ4n) is 1.98. The van der Waals surface area contributed by atoms with Gasteiger partial charge in [0.05, 0.1) is 24.2 Å². The van der Waals surface area contributed by atoms with Gasteiger partial charge in [0.25, 0.3) is 0 Å². The number of rotatable bonds is 6. The summed E-state index contributed by atoms with van der Waals surface area (Å²) in [6.45, 7) is 0. The maximum absolute atomic E-state index is 12.2. The Kier molecular flexibility index (Phi) is 5.15. The van der Waals surface area contributed by atoms with Crippen molar-refractivity contribution in [1.82, 2.24) is 0 Å². The van der Waals surface area contributed by atoms with Crippen molar-refractivity contribution in [3.63, 3.8) is 0 Å². The number of benzene rings is 2. The normalized spacial score (nSPS) is 11.2. The number of anilines is 2. The second-order valence-corrected chi connectivity index (χ2v) is 6.99. The molecule has 118 valence electrons. The molecule has 22 heavy (non-hydrogen) atoms. The summed E-state index contributed by atoms with van der Waals surface area (Å²) in [6.07, 6.45) is 0.308. The Balaban J connectivity index is 2.09. The van der Waals surface area contributed by atoms with Gasteiger partial charge < -0.3 is 10.5 Å². The molecule has 2 aromatic carbocycles. The van der Waals surface area contributed by atoms with Crippen molar-refractivity contribution >= 4 is 33.0 Å². The maximum atomic E-state index is 12.2. The van der Waals surface area contributed by atoms with Gasteiger partial charge in [0.2, 0.25) is 10.0 Å². The molecular weight excluding hydrogens is 324 g/mol. The highest BCUT2D eigenvalue weighted by molar-refractivity contribution is 7.92. The molecule has 3 N–H and O–H groups in total. The number of para-hydroxylation sites is 2. The number of nitrogen functional groups attached to an aromatic ring is 1. The first-order valence-corrected chi connectivity index (χ1v) is 8.62. The quantitative estimate of drug-likeness (QED) is 0.792. The van der Waals surface area contributed by atoms with Gasteiger partial charge >= 0.3 is 0 Å². The lowest BCUT2D eigenvalue weighted by molar-refractivity contribution is 0.410. The molecule has 0 aliphatic rings. The van der Waals surface area contributed by atoms with E-state index in [-0.39, 0.29) is 5.75 Å². The second kappa shape index (κ2) is 6.89. The first kappa shape index (κ1) is 16.5. The lowest BCUT2D eigenvalue weighted by Gasteiger charge is -2.12. The highest BCUT2D eigenvalue weighted by Crippen LogP contribution is 2.24. The summed E-state index contributed by atoms with van der Waals surface area (Å²) in [4.78, 5) is 0. The second-order valence-electron chi connectivity index (χ2n) is 4.71. The van der Waals surface area contributed by atoms with Gasteiger partial charge in [0, 0.05) is 5.02 Å². The summed E-state index contributed by atoms with van der Waals surface area (Å²) in [5.74, 6) is 0.487. The van der Waals surface area contributed by atoms with Crippen LogP contribution in [0.4, 0.5) is 11.4 Å². The summed E-state index contributed by atoms with van der Waals surface area (Å²) in [5.41, 5.74) is 7.28. The van der Waals surface area contributed by atoms with E-state index in [0.717, 1.165) is 5.56 Å². The predicted molar refractivity (Wildman–Crippen MR) is 90.0 cm³/mol. The smallest absolute Gasteiger partial charge is 0.233 e. The van der Waals surface area contributed by atoms with E-state index < -0.39 is 10.0 Å². The zero-order valence-electron chi connectivity index (χ0n) is 12.0. The average Bonchev–Trinajstić information content (AvgIpc) is 2.48. The summed E-state index contributed by atoms with van der Waals surface area (Å²) >= 11 is 5.89. The molecule has 0 aliphatic carbocycles. The van der Waals surface area contributed by atoms with Crippen LogP contribution in [0.25, 0.3) is 0 Å². The largest absolute Gasteiger partial charge is 0.496 e. The Morgan fingerprint density at radius 1 is 1.23 bits per heavy atom. The zero-order valence-corrected chi connectivity index (χ0v) is 13.6. The number of methoxy groups -OCH3 is 1. The lowest BCUT2D eigenvalue weighted by Crippen LogP contribution is -2.19. The Morgan fingerprint density at radius 2 is 1.95 bits per heavy atom. The molecule has 0 bridgehead atoms. The van der Waals surface area contributed by atoms with E-state index in [4.69, 9.17) is 22.1 Å². The molecule has 0 amide bonds. The third kappa shape index (κ3) is 4.29. The van der Waals surface area contributed by atoms with Crippen molar-refractivity contribution in [2.75, 3.05) is 23.3 Å². The number of nitrogens with one attached hydrogen (secondary N) is 1. The van der Waals surface area contributed by atoms with Crippen LogP contribution in [0.3, 0.4) is 0 Å². The lowest BCUT2D eigenvalue weighted by atomic mass is 10.1. The highest BCUT2D eigenvalue weighted by atomic mass is 35.5. The molecule has 0 aromatic heterocycles. The van der Waals surface area contributed by atoms with Crippen molar-refractivity contribution in [3.8, 4) is 5.75 Å². The molecule has 0 aliphatic heterocycles. The summed E-state index contributed by atoms with van der Waals surface area (Å²) in [5, 5.41) is 0.540. The molecule has 0 spiro atoms. The molecule has 0 fully saturated rings. The van der Waals surface area contributed by atoms with Crippen LogP contribution in [-0.2, 0) is 16.4 Å². The van der Waals surface area contributed by atoms with Gasteiger partial charge in [-0.1, -0.05) is 29.8 Å². The highest BCUT2D eigenvalue weighted by Gasteiger charge is 2.14. The predicted octanol–water partition coefficient (Wildman–Crippen LogP) is 2.92. The van der Waals surface area contributed by atoms with Crippen molar-refractivity contribution in [2.24, 2.45) is 0 Å². The third-order valence-corrected chi connectivity index (χ3v) is 4.62. The van der Waals surface area contributed by atoms with E-state index in [9.17, 15) is 8.42 Å². The van der Waals surface area contributed by atoms with Crippen LogP contribution in [-0.4, -0.2) is 21.3 Å². The van der Waals surface area contributed by atoms with Crippen molar-refractivity contribution < 1.29 is 13.2 Å². The Hall–Kier alpha value is -1.92. The van der Waals surface area contributed by atoms with E-state index >= 15 is 0 Å². The van der Waals surface area contributed by atoms with Gasteiger partial charge in [-0.25, -0.2) is 8.42 Å². The van der Waals surface area contributed by atoms with Gasteiger partial charge in [-0.05, 0) is 36.2 Å². The fourth-order valence-corrected chi connectivity index (χ4v) is 3.25. The Bertz CT molecular complexity index is 763. The van der Waals surface area contributed by atoms with Gasteiger partial charge in [-0.15, -0.1) is 0 Å².